The summed E-state index contributed by atoms with van der Waals surface area (Å²) in [5.41, 5.74) is 0. The Morgan fingerprint density at radius 1 is 1.27 bits per heavy atom. The van der Waals surface area contributed by atoms with E-state index in [0.717, 1.165) is 32.0 Å². The molecule has 0 spiro atoms. The quantitative estimate of drug-likeness (QED) is 0.679. The standard InChI is InChI=1S/C11H20O3S/c1-2-15(13,14)9-11(8-12)10-6-4-3-5-7-10/h8,10-11H,2-7,9H2,1H3/t11-/m0/s1. The van der Waals surface area contributed by atoms with Crippen LogP contribution in [0.2, 0.25) is 0 Å². The highest BCUT2D eigenvalue weighted by Gasteiger charge is 2.27. The van der Waals surface area contributed by atoms with Crippen molar-refractivity contribution in [1.29, 1.82) is 0 Å². The Balaban J connectivity index is 2.58. The van der Waals surface area contributed by atoms with Crippen molar-refractivity contribution in [2.45, 2.75) is 39.0 Å². The van der Waals surface area contributed by atoms with Crippen molar-refractivity contribution in [3.63, 3.8) is 0 Å². The second-order valence-corrected chi connectivity index (χ2v) is 6.79. The second kappa shape index (κ2) is 5.64. The number of carbonyl (C=O) groups excluding carboxylic acids is 1. The summed E-state index contributed by atoms with van der Waals surface area (Å²) in [7, 11) is -3.01. The summed E-state index contributed by atoms with van der Waals surface area (Å²) < 4.78 is 22.9. The highest BCUT2D eigenvalue weighted by molar-refractivity contribution is 7.91. The van der Waals surface area contributed by atoms with Gasteiger partial charge in [0, 0.05) is 11.7 Å². The molecule has 1 saturated carbocycles. The highest BCUT2D eigenvalue weighted by Crippen LogP contribution is 2.29. The van der Waals surface area contributed by atoms with E-state index in [0.29, 0.717) is 5.92 Å². The number of sulfone groups is 1. The fourth-order valence-electron chi connectivity index (χ4n) is 2.26. The van der Waals surface area contributed by atoms with Gasteiger partial charge in [-0.25, -0.2) is 8.42 Å². The van der Waals surface area contributed by atoms with Gasteiger partial charge < -0.3 is 4.79 Å². The van der Waals surface area contributed by atoms with E-state index in [9.17, 15) is 13.2 Å². The van der Waals surface area contributed by atoms with Crippen molar-refractivity contribution < 1.29 is 13.2 Å². The van der Waals surface area contributed by atoms with Gasteiger partial charge >= 0.3 is 0 Å². The zero-order valence-electron chi connectivity index (χ0n) is 9.31. The average molecular weight is 232 g/mol. The maximum Gasteiger partial charge on any atom is 0.150 e. The van der Waals surface area contributed by atoms with Crippen LogP contribution < -0.4 is 0 Å². The van der Waals surface area contributed by atoms with Crippen LogP contribution >= 0.6 is 0 Å². The van der Waals surface area contributed by atoms with Crippen LogP contribution in [0.1, 0.15) is 39.0 Å². The number of carbonyl (C=O) groups is 1. The molecule has 1 fully saturated rings. The van der Waals surface area contributed by atoms with Crippen molar-refractivity contribution in [3.05, 3.63) is 0 Å². The van der Waals surface area contributed by atoms with Crippen LogP contribution in [0.3, 0.4) is 0 Å². The van der Waals surface area contributed by atoms with Crippen molar-refractivity contribution in [2.24, 2.45) is 11.8 Å². The molecule has 4 heteroatoms. The first kappa shape index (κ1) is 12.7. The van der Waals surface area contributed by atoms with Crippen LogP contribution in [-0.4, -0.2) is 26.2 Å². The van der Waals surface area contributed by atoms with Gasteiger partial charge in [0.15, 0.2) is 9.84 Å². The molecule has 88 valence electrons. The van der Waals surface area contributed by atoms with Crippen molar-refractivity contribution in [3.8, 4) is 0 Å². The predicted molar refractivity (Wildman–Crippen MR) is 60.5 cm³/mol. The highest BCUT2D eigenvalue weighted by atomic mass is 32.2. The molecular weight excluding hydrogens is 212 g/mol. The fourth-order valence-corrected chi connectivity index (χ4v) is 3.43. The SMILES string of the molecule is CCS(=O)(=O)C[C@H](C=O)C1CCCCC1. The Labute approximate surface area is 92.2 Å². The third kappa shape index (κ3) is 3.93. The molecule has 1 atom stereocenters. The smallest absolute Gasteiger partial charge is 0.150 e. The largest absolute Gasteiger partial charge is 0.303 e. The van der Waals surface area contributed by atoms with Gasteiger partial charge in [0.05, 0.1) is 5.75 Å². The van der Waals surface area contributed by atoms with Gasteiger partial charge in [-0.3, -0.25) is 0 Å². The monoisotopic (exact) mass is 232 g/mol. The number of hydrogen-bond donors (Lipinski definition) is 0. The lowest BCUT2D eigenvalue weighted by molar-refractivity contribution is -0.112. The summed E-state index contributed by atoms with van der Waals surface area (Å²) >= 11 is 0. The van der Waals surface area contributed by atoms with Gasteiger partial charge in [0.2, 0.25) is 0 Å². The van der Waals surface area contributed by atoms with E-state index < -0.39 is 9.84 Å². The van der Waals surface area contributed by atoms with Crippen molar-refractivity contribution in [2.75, 3.05) is 11.5 Å². The number of rotatable bonds is 5. The van der Waals surface area contributed by atoms with E-state index in [2.05, 4.69) is 0 Å². The van der Waals surface area contributed by atoms with E-state index in [1.165, 1.54) is 6.42 Å². The van der Waals surface area contributed by atoms with Crippen LogP contribution in [0.25, 0.3) is 0 Å². The molecule has 0 aromatic rings. The average Bonchev–Trinajstić information content (AvgIpc) is 2.27. The van der Waals surface area contributed by atoms with Gasteiger partial charge in [-0.1, -0.05) is 26.2 Å². The maximum absolute atomic E-state index is 11.5. The summed E-state index contributed by atoms with van der Waals surface area (Å²) in [6, 6.07) is 0. The molecule has 15 heavy (non-hydrogen) atoms. The van der Waals surface area contributed by atoms with Crippen LogP contribution in [0, 0.1) is 11.8 Å². The molecule has 0 radical (unpaired) electrons. The summed E-state index contributed by atoms with van der Waals surface area (Å²) in [6.07, 6.45) is 6.39. The van der Waals surface area contributed by atoms with Crippen LogP contribution in [-0.2, 0) is 14.6 Å². The van der Waals surface area contributed by atoms with E-state index in [4.69, 9.17) is 0 Å². The Bertz CT molecular complexity index is 289. The molecule has 0 amide bonds. The minimum atomic E-state index is -3.01. The minimum Gasteiger partial charge on any atom is -0.303 e. The summed E-state index contributed by atoms with van der Waals surface area (Å²) in [5.74, 6) is 0.231. The first-order valence-corrected chi connectivity index (χ1v) is 7.57. The molecule has 0 heterocycles. The lowest BCUT2D eigenvalue weighted by atomic mass is 9.81. The van der Waals surface area contributed by atoms with Crippen LogP contribution in [0.15, 0.2) is 0 Å². The molecule has 3 nitrogen and oxygen atoms in total. The van der Waals surface area contributed by atoms with Gasteiger partial charge in [0.25, 0.3) is 0 Å². The molecular formula is C11H20O3S. The van der Waals surface area contributed by atoms with E-state index in [1.807, 2.05) is 0 Å². The zero-order valence-corrected chi connectivity index (χ0v) is 10.1. The normalized spacial score (nSPS) is 21.1. The van der Waals surface area contributed by atoms with Crippen molar-refractivity contribution >= 4 is 16.1 Å². The Morgan fingerprint density at radius 3 is 2.33 bits per heavy atom. The Hall–Kier alpha value is -0.380. The lowest BCUT2D eigenvalue weighted by Gasteiger charge is -2.26. The summed E-state index contributed by atoms with van der Waals surface area (Å²) in [4.78, 5) is 10.9. The van der Waals surface area contributed by atoms with E-state index in [-0.39, 0.29) is 17.4 Å². The van der Waals surface area contributed by atoms with Gasteiger partial charge in [0.1, 0.15) is 6.29 Å². The fraction of sp³-hybridized carbons (Fsp3) is 0.909. The van der Waals surface area contributed by atoms with E-state index in [1.54, 1.807) is 6.92 Å². The molecule has 1 aliphatic rings. The van der Waals surface area contributed by atoms with Gasteiger partial charge in [-0.2, -0.15) is 0 Å². The first-order chi connectivity index (χ1) is 7.09. The van der Waals surface area contributed by atoms with Crippen molar-refractivity contribution in [1.82, 2.24) is 0 Å². The summed E-state index contributed by atoms with van der Waals surface area (Å²) in [5, 5.41) is 0. The molecule has 0 N–H and O–H groups in total. The maximum atomic E-state index is 11.5. The molecule has 0 aromatic heterocycles. The molecule has 0 aliphatic heterocycles. The molecule has 1 aliphatic carbocycles. The number of aldehydes is 1. The van der Waals surface area contributed by atoms with E-state index >= 15 is 0 Å². The summed E-state index contributed by atoms with van der Waals surface area (Å²) in [6.45, 7) is 1.64. The lowest BCUT2D eigenvalue weighted by Crippen LogP contribution is -2.27. The Morgan fingerprint density at radius 2 is 1.87 bits per heavy atom. The molecule has 1 rings (SSSR count). The van der Waals surface area contributed by atoms with Gasteiger partial charge in [-0.15, -0.1) is 0 Å². The molecule has 0 unspecified atom stereocenters. The third-order valence-corrected chi connectivity index (χ3v) is 5.09. The predicted octanol–water partition coefficient (Wildman–Crippen LogP) is 1.82. The second-order valence-electron chi connectivity index (χ2n) is 4.40. The molecule has 0 saturated heterocycles. The van der Waals surface area contributed by atoms with Crippen LogP contribution in [0.5, 0.6) is 0 Å². The minimum absolute atomic E-state index is 0.0532. The van der Waals surface area contributed by atoms with Crippen LogP contribution in [0.4, 0.5) is 0 Å². The van der Waals surface area contributed by atoms with Gasteiger partial charge in [-0.05, 0) is 18.8 Å². The molecule has 0 bridgehead atoms. The number of hydrogen-bond acceptors (Lipinski definition) is 3. The molecule has 0 aromatic carbocycles. The Kier molecular flexibility index (Phi) is 4.77. The topological polar surface area (TPSA) is 51.2 Å². The third-order valence-electron chi connectivity index (χ3n) is 3.32. The first-order valence-electron chi connectivity index (χ1n) is 5.74. The zero-order chi connectivity index (χ0) is 11.3.